The molecule has 0 radical (unpaired) electrons. The first kappa shape index (κ1) is 11.9. The molecule has 0 aliphatic heterocycles. The topological polar surface area (TPSA) is 0 Å². The summed E-state index contributed by atoms with van der Waals surface area (Å²) in [7, 11) is 0. The maximum absolute atomic E-state index is 3.14. The Morgan fingerprint density at radius 3 is 2.33 bits per heavy atom. The highest BCUT2D eigenvalue weighted by molar-refractivity contribution is 8.03. The summed E-state index contributed by atoms with van der Waals surface area (Å²) >= 11 is 1.61. The molecular weight excluding hydrogens is 164 g/mol. The Morgan fingerprint density at radius 2 is 1.67 bits per heavy atom. The van der Waals surface area contributed by atoms with Crippen LogP contribution >= 0.6 is 11.8 Å². The summed E-state index contributed by atoms with van der Waals surface area (Å²) in [5, 5.41) is 3.02. The summed E-state index contributed by atoms with van der Waals surface area (Å²) in [5.74, 6) is 3.14. The minimum atomic E-state index is 1.09. The van der Waals surface area contributed by atoms with Crippen LogP contribution in [-0.4, -0.2) is 6.26 Å². The number of unbranched alkanes of at least 4 members (excludes halogenated alkanes) is 6. The zero-order valence-corrected chi connectivity index (χ0v) is 9.17. The molecule has 0 aromatic rings. The van der Waals surface area contributed by atoms with Crippen molar-refractivity contribution in [3.8, 4) is 11.2 Å². The van der Waals surface area contributed by atoms with Gasteiger partial charge in [0.05, 0.1) is 0 Å². The highest BCUT2D eigenvalue weighted by Gasteiger charge is 1.87. The lowest BCUT2D eigenvalue weighted by molar-refractivity contribution is 0.614. The van der Waals surface area contributed by atoms with Crippen molar-refractivity contribution in [1.29, 1.82) is 0 Å². The maximum atomic E-state index is 3.14. The van der Waals surface area contributed by atoms with E-state index < -0.39 is 0 Å². The van der Waals surface area contributed by atoms with E-state index in [9.17, 15) is 0 Å². The van der Waals surface area contributed by atoms with E-state index in [2.05, 4.69) is 18.1 Å². The smallest absolute Gasteiger partial charge is 0.00976 e. The largest absolute Gasteiger partial charge is 0.0913 e. The van der Waals surface area contributed by atoms with Gasteiger partial charge >= 0.3 is 0 Å². The van der Waals surface area contributed by atoms with Crippen LogP contribution < -0.4 is 0 Å². The van der Waals surface area contributed by atoms with E-state index in [1.807, 2.05) is 6.26 Å². The molecule has 0 N–H and O–H groups in total. The SMILES string of the molecule is CCCCCCCCC#CSC. The van der Waals surface area contributed by atoms with Crippen LogP contribution in [0.2, 0.25) is 0 Å². The molecule has 0 unspecified atom stereocenters. The Morgan fingerprint density at radius 1 is 1.00 bits per heavy atom. The fraction of sp³-hybridized carbons (Fsp3) is 0.818. The van der Waals surface area contributed by atoms with Crippen molar-refractivity contribution >= 4 is 11.8 Å². The first-order chi connectivity index (χ1) is 5.91. The minimum Gasteiger partial charge on any atom is -0.0913 e. The van der Waals surface area contributed by atoms with E-state index in [4.69, 9.17) is 0 Å². The van der Waals surface area contributed by atoms with Crippen molar-refractivity contribution in [2.24, 2.45) is 0 Å². The molecule has 0 amide bonds. The zero-order chi connectivity index (χ0) is 9.07. The van der Waals surface area contributed by atoms with Gasteiger partial charge in [-0.3, -0.25) is 0 Å². The second kappa shape index (κ2) is 10.9. The molecule has 0 rings (SSSR count). The van der Waals surface area contributed by atoms with E-state index in [1.54, 1.807) is 11.8 Å². The first-order valence-electron chi connectivity index (χ1n) is 4.92. The number of rotatable bonds is 6. The average Bonchev–Trinajstić information content (AvgIpc) is 2.10. The zero-order valence-electron chi connectivity index (χ0n) is 8.36. The summed E-state index contributed by atoms with van der Waals surface area (Å²) in [5.41, 5.74) is 0. The summed E-state index contributed by atoms with van der Waals surface area (Å²) in [6.07, 6.45) is 11.3. The monoisotopic (exact) mass is 184 g/mol. The summed E-state index contributed by atoms with van der Waals surface area (Å²) in [6, 6.07) is 0. The first-order valence-corrected chi connectivity index (χ1v) is 6.15. The molecule has 0 nitrogen and oxygen atoms in total. The van der Waals surface area contributed by atoms with Gasteiger partial charge in [0, 0.05) is 6.42 Å². The molecule has 0 saturated heterocycles. The third-order valence-electron chi connectivity index (χ3n) is 1.83. The van der Waals surface area contributed by atoms with Gasteiger partial charge in [0.15, 0.2) is 0 Å². The Balaban J connectivity index is 2.91. The fourth-order valence-electron chi connectivity index (χ4n) is 1.12. The van der Waals surface area contributed by atoms with Gasteiger partial charge in [-0.2, -0.15) is 0 Å². The van der Waals surface area contributed by atoms with Gasteiger partial charge in [-0.25, -0.2) is 0 Å². The summed E-state index contributed by atoms with van der Waals surface area (Å²) in [4.78, 5) is 0. The van der Waals surface area contributed by atoms with E-state index in [1.165, 1.54) is 38.5 Å². The Kier molecular flexibility index (Phi) is 10.8. The van der Waals surface area contributed by atoms with E-state index in [0.717, 1.165) is 6.42 Å². The van der Waals surface area contributed by atoms with Gasteiger partial charge < -0.3 is 0 Å². The second-order valence-corrected chi connectivity index (χ2v) is 3.61. The third-order valence-corrected chi connectivity index (χ3v) is 2.18. The highest BCUT2D eigenvalue weighted by Crippen LogP contribution is 2.06. The molecule has 70 valence electrons. The highest BCUT2D eigenvalue weighted by atomic mass is 32.2. The van der Waals surface area contributed by atoms with Crippen LogP contribution in [0.25, 0.3) is 0 Å². The lowest BCUT2D eigenvalue weighted by Gasteiger charge is -1.96. The lowest BCUT2D eigenvalue weighted by atomic mass is 10.1. The van der Waals surface area contributed by atoms with Gasteiger partial charge in [0.25, 0.3) is 0 Å². The van der Waals surface area contributed by atoms with Crippen LogP contribution in [0.3, 0.4) is 0 Å². The normalized spacial score (nSPS) is 9.17. The Bertz CT molecular complexity index is 130. The van der Waals surface area contributed by atoms with Crippen molar-refractivity contribution in [2.75, 3.05) is 6.26 Å². The van der Waals surface area contributed by atoms with E-state index in [-0.39, 0.29) is 0 Å². The van der Waals surface area contributed by atoms with Crippen LogP contribution in [0.5, 0.6) is 0 Å². The fourth-order valence-corrected chi connectivity index (χ4v) is 1.36. The molecule has 0 saturated carbocycles. The molecule has 0 aromatic heterocycles. The lowest BCUT2D eigenvalue weighted by Crippen LogP contribution is -1.77. The van der Waals surface area contributed by atoms with E-state index in [0.29, 0.717) is 0 Å². The standard InChI is InChI=1S/C11H20S/c1-3-4-5-6-7-8-9-10-11-12-2/h3-9H2,1-2H3. The second-order valence-electron chi connectivity index (χ2n) is 3.00. The van der Waals surface area contributed by atoms with Gasteiger partial charge in [0.1, 0.15) is 0 Å². The van der Waals surface area contributed by atoms with Crippen LogP contribution in [0, 0.1) is 11.2 Å². The predicted octanol–water partition coefficient (Wildman–Crippen LogP) is 4.06. The van der Waals surface area contributed by atoms with Crippen LogP contribution in [0.1, 0.15) is 51.9 Å². The molecule has 0 aromatic carbocycles. The van der Waals surface area contributed by atoms with Crippen LogP contribution in [-0.2, 0) is 0 Å². The van der Waals surface area contributed by atoms with Crippen LogP contribution in [0.15, 0.2) is 0 Å². The summed E-state index contributed by atoms with van der Waals surface area (Å²) < 4.78 is 0. The molecule has 0 aliphatic rings. The third kappa shape index (κ3) is 9.91. The molecule has 0 fully saturated rings. The molecule has 0 heterocycles. The quantitative estimate of drug-likeness (QED) is 0.443. The van der Waals surface area contributed by atoms with Crippen LogP contribution in [0.4, 0.5) is 0 Å². The molecule has 0 atom stereocenters. The van der Waals surface area contributed by atoms with Crippen molar-refractivity contribution in [2.45, 2.75) is 51.9 Å². The van der Waals surface area contributed by atoms with Crippen molar-refractivity contribution < 1.29 is 0 Å². The van der Waals surface area contributed by atoms with Gasteiger partial charge in [-0.1, -0.05) is 56.7 Å². The molecule has 0 aliphatic carbocycles. The average molecular weight is 184 g/mol. The van der Waals surface area contributed by atoms with E-state index >= 15 is 0 Å². The molecular formula is C11H20S. The Labute approximate surface area is 81.5 Å². The maximum Gasteiger partial charge on any atom is 0.00976 e. The number of hydrogen-bond donors (Lipinski definition) is 0. The Hall–Kier alpha value is -0.0900. The molecule has 1 heteroatoms. The number of thioether (sulfide) groups is 1. The van der Waals surface area contributed by atoms with Gasteiger partial charge in [-0.05, 0) is 17.9 Å². The molecule has 0 spiro atoms. The molecule has 12 heavy (non-hydrogen) atoms. The van der Waals surface area contributed by atoms with Crippen molar-refractivity contribution in [1.82, 2.24) is 0 Å². The van der Waals surface area contributed by atoms with Crippen molar-refractivity contribution in [3.05, 3.63) is 0 Å². The predicted molar refractivity (Wildman–Crippen MR) is 59.3 cm³/mol. The van der Waals surface area contributed by atoms with Crippen molar-refractivity contribution in [3.63, 3.8) is 0 Å². The molecule has 0 bridgehead atoms. The minimum absolute atomic E-state index is 1.09. The van der Waals surface area contributed by atoms with Gasteiger partial charge in [-0.15, -0.1) is 0 Å². The number of hydrogen-bond acceptors (Lipinski definition) is 1. The summed E-state index contributed by atoms with van der Waals surface area (Å²) in [6.45, 7) is 2.25. The van der Waals surface area contributed by atoms with Gasteiger partial charge in [0.2, 0.25) is 0 Å².